The number of carbonyl (C=O) groups excluding carboxylic acids is 2. The smallest absolute Gasteiger partial charge is 0.414 e. The Balaban J connectivity index is 1.52. The predicted molar refractivity (Wildman–Crippen MR) is 132 cm³/mol. The second kappa shape index (κ2) is 9.28. The number of hydrogen-bond acceptors (Lipinski definition) is 6. The first-order valence-corrected chi connectivity index (χ1v) is 13.6. The van der Waals surface area contributed by atoms with Crippen molar-refractivity contribution >= 4 is 33.2 Å². The van der Waals surface area contributed by atoms with Crippen LogP contribution in [-0.2, 0) is 24.1 Å². The van der Waals surface area contributed by atoms with Crippen molar-refractivity contribution in [1.29, 1.82) is 0 Å². The van der Waals surface area contributed by atoms with Gasteiger partial charge in [-0.3, -0.25) is 9.69 Å². The molecule has 0 radical (unpaired) electrons. The molecule has 1 saturated carbocycles. The molecule has 2 heterocycles. The fourth-order valence-electron chi connectivity index (χ4n) is 4.88. The summed E-state index contributed by atoms with van der Waals surface area (Å²) in [5.74, 6) is -0.110. The molecule has 0 N–H and O–H groups in total. The summed E-state index contributed by atoms with van der Waals surface area (Å²) < 4.78 is 36.7. The van der Waals surface area contributed by atoms with Crippen LogP contribution in [-0.4, -0.2) is 57.6 Å². The van der Waals surface area contributed by atoms with Gasteiger partial charge in [0.05, 0.1) is 40.8 Å². The van der Waals surface area contributed by atoms with Crippen molar-refractivity contribution < 1.29 is 27.5 Å². The van der Waals surface area contributed by atoms with Gasteiger partial charge in [0.25, 0.3) is 0 Å². The first kappa shape index (κ1) is 23.8. The van der Waals surface area contributed by atoms with Crippen molar-refractivity contribution in [1.82, 2.24) is 0 Å². The topological polar surface area (TPSA) is 93.2 Å². The molecule has 0 spiro atoms. The molecule has 8 nitrogen and oxygen atoms in total. The summed E-state index contributed by atoms with van der Waals surface area (Å²) in [5.41, 5.74) is 2.70. The van der Waals surface area contributed by atoms with Crippen molar-refractivity contribution in [3.8, 4) is 11.1 Å². The lowest BCUT2D eigenvalue weighted by molar-refractivity contribution is -0.117. The number of carbonyl (C=O) groups is 2. The first-order chi connectivity index (χ1) is 16.8. The molecular weight excluding hydrogens is 468 g/mol. The van der Waals surface area contributed by atoms with E-state index in [2.05, 4.69) is 0 Å². The van der Waals surface area contributed by atoms with Crippen molar-refractivity contribution in [2.75, 3.05) is 29.6 Å². The molecule has 2 fully saturated rings. The van der Waals surface area contributed by atoms with Crippen LogP contribution in [0.25, 0.3) is 11.1 Å². The highest BCUT2D eigenvalue weighted by Gasteiger charge is 2.38. The standard InChI is InChI=1S/C26H30N2O6S/c1-17-16-27(26(30)34-21-10-12-33-13-11-21)25-15-20(6-9-24(25)28(17)18(2)29)19-4-3-5-23(14-19)35(31,32)22-7-8-22/h3-6,9,14-15,17,21-22H,7-8,10-13,16H2,1-2H3. The van der Waals surface area contributed by atoms with Gasteiger partial charge in [0.1, 0.15) is 6.10 Å². The van der Waals surface area contributed by atoms with Crippen LogP contribution in [0.5, 0.6) is 0 Å². The quantitative estimate of drug-likeness (QED) is 0.628. The molecule has 2 aromatic rings. The maximum absolute atomic E-state index is 13.2. The molecule has 1 atom stereocenters. The Morgan fingerprint density at radius 1 is 0.971 bits per heavy atom. The molecule has 0 aromatic heterocycles. The maximum Gasteiger partial charge on any atom is 0.414 e. The van der Waals surface area contributed by atoms with E-state index in [1.807, 2.05) is 31.2 Å². The van der Waals surface area contributed by atoms with Crippen LogP contribution in [0.15, 0.2) is 47.4 Å². The van der Waals surface area contributed by atoms with Crippen LogP contribution in [0.2, 0.25) is 0 Å². The van der Waals surface area contributed by atoms with Crippen LogP contribution >= 0.6 is 0 Å². The molecule has 2 aromatic carbocycles. The Morgan fingerprint density at radius 3 is 2.37 bits per heavy atom. The molecule has 35 heavy (non-hydrogen) atoms. The van der Waals surface area contributed by atoms with E-state index >= 15 is 0 Å². The van der Waals surface area contributed by atoms with E-state index in [9.17, 15) is 18.0 Å². The number of rotatable bonds is 4. The lowest BCUT2D eigenvalue weighted by Crippen LogP contribution is -2.52. The zero-order chi connectivity index (χ0) is 24.7. The van der Waals surface area contributed by atoms with Crippen LogP contribution in [0.1, 0.15) is 39.5 Å². The zero-order valence-electron chi connectivity index (χ0n) is 20.0. The van der Waals surface area contributed by atoms with Gasteiger partial charge in [0.15, 0.2) is 9.84 Å². The van der Waals surface area contributed by atoms with E-state index < -0.39 is 15.9 Å². The second-order valence-electron chi connectivity index (χ2n) is 9.52. The molecular formula is C26H30N2O6S. The molecule has 1 saturated heterocycles. The minimum absolute atomic E-state index is 0.110. The van der Waals surface area contributed by atoms with Crippen molar-refractivity contribution in [2.24, 2.45) is 0 Å². The van der Waals surface area contributed by atoms with E-state index in [1.54, 1.807) is 28.0 Å². The second-order valence-corrected chi connectivity index (χ2v) is 11.7. The van der Waals surface area contributed by atoms with Crippen molar-refractivity contribution in [2.45, 2.75) is 61.8 Å². The van der Waals surface area contributed by atoms with Gasteiger partial charge in [0.2, 0.25) is 5.91 Å². The Bertz CT molecular complexity index is 1250. The number of hydrogen-bond donors (Lipinski definition) is 0. The summed E-state index contributed by atoms with van der Waals surface area (Å²) in [6.45, 7) is 4.84. The Hall–Kier alpha value is -2.91. The lowest BCUT2D eigenvalue weighted by Gasteiger charge is -2.41. The summed E-state index contributed by atoms with van der Waals surface area (Å²) >= 11 is 0. The summed E-state index contributed by atoms with van der Waals surface area (Å²) in [7, 11) is -3.33. The highest BCUT2D eigenvalue weighted by atomic mass is 32.2. The van der Waals surface area contributed by atoms with E-state index in [0.29, 0.717) is 61.7 Å². The average Bonchev–Trinajstić information content (AvgIpc) is 3.70. The van der Waals surface area contributed by atoms with Crippen LogP contribution in [0.4, 0.5) is 16.2 Å². The lowest BCUT2D eigenvalue weighted by atomic mass is 10.0. The number of fused-ring (bicyclic) bond motifs is 1. The van der Waals surface area contributed by atoms with E-state index in [1.165, 1.54) is 6.92 Å². The number of amides is 2. The van der Waals surface area contributed by atoms with Crippen LogP contribution in [0.3, 0.4) is 0 Å². The van der Waals surface area contributed by atoms with Gasteiger partial charge in [-0.05, 0) is 55.2 Å². The van der Waals surface area contributed by atoms with Gasteiger partial charge in [-0.2, -0.15) is 0 Å². The van der Waals surface area contributed by atoms with Gasteiger partial charge >= 0.3 is 6.09 Å². The Morgan fingerprint density at radius 2 is 1.69 bits per heavy atom. The molecule has 1 unspecified atom stereocenters. The predicted octanol–water partition coefficient (Wildman–Crippen LogP) is 4.17. The molecule has 186 valence electrons. The molecule has 2 aliphatic heterocycles. The number of ether oxygens (including phenoxy) is 2. The van der Waals surface area contributed by atoms with Crippen molar-refractivity contribution in [3.05, 3.63) is 42.5 Å². The van der Waals surface area contributed by atoms with Gasteiger partial charge in [-0.25, -0.2) is 13.2 Å². The fourth-order valence-corrected chi connectivity index (χ4v) is 6.58. The van der Waals surface area contributed by atoms with Gasteiger partial charge in [0, 0.05) is 26.3 Å². The largest absolute Gasteiger partial charge is 0.446 e. The molecule has 9 heteroatoms. The normalized spacial score (nSPS) is 20.9. The van der Waals surface area contributed by atoms with Gasteiger partial charge in [-0.1, -0.05) is 18.2 Å². The summed E-state index contributed by atoms with van der Waals surface area (Å²) in [6.07, 6.45) is 2.07. The average molecular weight is 499 g/mol. The third-order valence-electron chi connectivity index (χ3n) is 6.87. The maximum atomic E-state index is 13.2. The minimum Gasteiger partial charge on any atom is -0.446 e. The van der Waals surface area contributed by atoms with E-state index in [0.717, 1.165) is 11.1 Å². The molecule has 5 rings (SSSR count). The summed E-state index contributed by atoms with van der Waals surface area (Å²) in [4.78, 5) is 29.3. The first-order valence-electron chi connectivity index (χ1n) is 12.1. The van der Waals surface area contributed by atoms with Crippen LogP contribution < -0.4 is 9.80 Å². The Kier molecular flexibility index (Phi) is 6.31. The molecule has 2 amide bonds. The highest BCUT2D eigenvalue weighted by Crippen LogP contribution is 2.40. The van der Waals surface area contributed by atoms with E-state index in [-0.39, 0.29) is 23.3 Å². The van der Waals surface area contributed by atoms with Crippen molar-refractivity contribution in [3.63, 3.8) is 0 Å². The Labute approximate surface area is 205 Å². The molecule has 0 bridgehead atoms. The third kappa shape index (κ3) is 4.67. The highest BCUT2D eigenvalue weighted by molar-refractivity contribution is 7.92. The molecule has 1 aliphatic carbocycles. The number of nitrogens with zero attached hydrogens (tertiary/aromatic N) is 2. The monoisotopic (exact) mass is 498 g/mol. The third-order valence-corrected chi connectivity index (χ3v) is 9.13. The number of sulfone groups is 1. The summed E-state index contributed by atoms with van der Waals surface area (Å²) in [6, 6.07) is 12.2. The SMILES string of the molecule is CC(=O)N1c2ccc(-c3cccc(S(=O)(=O)C4CC4)c3)cc2N(C(=O)OC2CCOCC2)CC1C. The number of anilines is 2. The summed E-state index contributed by atoms with van der Waals surface area (Å²) in [5, 5.41) is -0.289. The van der Waals surface area contributed by atoms with Gasteiger partial charge < -0.3 is 14.4 Å². The van der Waals surface area contributed by atoms with Crippen LogP contribution in [0, 0.1) is 0 Å². The minimum atomic E-state index is -3.33. The number of benzene rings is 2. The fraction of sp³-hybridized carbons (Fsp3) is 0.462. The molecule has 3 aliphatic rings. The van der Waals surface area contributed by atoms with Gasteiger partial charge in [-0.15, -0.1) is 0 Å². The zero-order valence-corrected chi connectivity index (χ0v) is 20.8. The van der Waals surface area contributed by atoms with E-state index in [4.69, 9.17) is 9.47 Å².